The molecule has 0 aliphatic rings. The summed E-state index contributed by atoms with van der Waals surface area (Å²) >= 11 is 0. The van der Waals surface area contributed by atoms with Crippen LogP contribution < -0.4 is 10.5 Å². The van der Waals surface area contributed by atoms with Crippen LogP contribution in [0.2, 0.25) is 0 Å². The van der Waals surface area contributed by atoms with Crippen molar-refractivity contribution in [3.8, 4) is 5.75 Å². The molecule has 0 unspecified atom stereocenters. The van der Waals surface area contributed by atoms with Gasteiger partial charge in [0, 0.05) is 6.20 Å². The summed E-state index contributed by atoms with van der Waals surface area (Å²) in [5, 5.41) is 0. The van der Waals surface area contributed by atoms with E-state index in [9.17, 15) is 0 Å². The fourth-order valence-corrected chi connectivity index (χ4v) is 1.77. The van der Waals surface area contributed by atoms with E-state index < -0.39 is 0 Å². The van der Waals surface area contributed by atoms with Crippen LogP contribution in [-0.2, 0) is 6.61 Å². The fraction of sp³-hybridized carbons (Fsp3) is 0.286. The molecule has 4 nitrogen and oxygen atoms in total. The molecule has 1 aromatic heterocycles. The van der Waals surface area contributed by atoms with Crippen molar-refractivity contribution >= 4 is 5.82 Å². The Morgan fingerprint density at radius 1 is 1.11 bits per heavy atom. The molecule has 0 amide bonds. The third kappa shape index (κ3) is 2.59. The maximum atomic E-state index is 5.81. The summed E-state index contributed by atoms with van der Waals surface area (Å²) in [5.41, 5.74) is 9.08. The van der Waals surface area contributed by atoms with Gasteiger partial charge >= 0.3 is 0 Å². The van der Waals surface area contributed by atoms with Crippen LogP contribution in [0.1, 0.15) is 22.5 Å². The van der Waals surface area contributed by atoms with Crippen LogP contribution in [0, 0.1) is 20.8 Å². The van der Waals surface area contributed by atoms with Gasteiger partial charge < -0.3 is 10.5 Å². The molecule has 0 bridgehead atoms. The highest BCUT2D eigenvalue weighted by molar-refractivity contribution is 5.44. The van der Waals surface area contributed by atoms with Crippen molar-refractivity contribution in [1.29, 1.82) is 0 Å². The SMILES string of the molecule is Cc1ccc(C)c(OCc2nccc(N)n2)c1C. The molecule has 0 fully saturated rings. The molecule has 0 saturated carbocycles. The van der Waals surface area contributed by atoms with E-state index >= 15 is 0 Å². The Morgan fingerprint density at radius 2 is 1.83 bits per heavy atom. The van der Waals surface area contributed by atoms with Gasteiger partial charge in [-0.2, -0.15) is 0 Å². The molecule has 4 heteroatoms. The number of aromatic nitrogens is 2. The van der Waals surface area contributed by atoms with Gasteiger partial charge in [-0.05, 0) is 43.5 Å². The van der Waals surface area contributed by atoms with Gasteiger partial charge in [-0.1, -0.05) is 12.1 Å². The summed E-state index contributed by atoms with van der Waals surface area (Å²) in [6, 6.07) is 5.80. The number of ether oxygens (including phenoxy) is 1. The van der Waals surface area contributed by atoms with E-state index in [4.69, 9.17) is 10.5 Å². The highest BCUT2D eigenvalue weighted by atomic mass is 16.5. The number of anilines is 1. The van der Waals surface area contributed by atoms with Crippen LogP contribution in [0.3, 0.4) is 0 Å². The number of rotatable bonds is 3. The molecular formula is C14H17N3O. The van der Waals surface area contributed by atoms with Crippen molar-refractivity contribution < 1.29 is 4.74 Å². The third-order valence-corrected chi connectivity index (χ3v) is 2.95. The van der Waals surface area contributed by atoms with Crippen molar-refractivity contribution in [3.05, 3.63) is 46.9 Å². The number of hydrogen-bond acceptors (Lipinski definition) is 4. The molecule has 1 aromatic carbocycles. The summed E-state index contributed by atoms with van der Waals surface area (Å²) in [6.45, 7) is 6.48. The minimum atomic E-state index is 0.330. The first kappa shape index (κ1) is 12.4. The molecule has 0 atom stereocenters. The molecule has 0 aliphatic heterocycles. The van der Waals surface area contributed by atoms with Crippen LogP contribution in [0.25, 0.3) is 0 Å². The molecule has 0 radical (unpaired) electrons. The second-order valence-corrected chi connectivity index (χ2v) is 4.34. The Balaban J connectivity index is 2.18. The number of nitrogen functional groups attached to an aromatic ring is 1. The topological polar surface area (TPSA) is 61.0 Å². The van der Waals surface area contributed by atoms with Crippen molar-refractivity contribution in [3.63, 3.8) is 0 Å². The average Bonchev–Trinajstić information content (AvgIpc) is 2.34. The normalized spacial score (nSPS) is 10.4. The summed E-state index contributed by atoms with van der Waals surface area (Å²) in [7, 11) is 0. The van der Waals surface area contributed by atoms with Crippen molar-refractivity contribution in [2.45, 2.75) is 27.4 Å². The number of nitrogens with zero attached hydrogens (tertiary/aromatic N) is 2. The Kier molecular flexibility index (Phi) is 3.46. The molecular weight excluding hydrogens is 226 g/mol. The van der Waals surface area contributed by atoms with Crippen LogP contribution in [0.5, 0.6) is 5.75 Å². The average molecular weight is 243 g/mol. The predicted molar refractivity (Wildman–Crippen MR) is 71.4 cm³/mol. The standard InChI is InChI=1S/C14H17N3O/c1-9-4-5-10(2)14(11(9)3)18-8-13-16-7-6-12(15)17-13/h4-7H,8H2,1-3H3,(H2,15,16,17). The zero-order chi connectivity index (χ0) is 13.1. The lowest BCUT2D eigenvalue weighted by Gasteiger charge is -2.13. The smallest absolute Gasteiger partial charge is 0.168 e. The molecule has 94 valence electrons. The lowest BCUT2D eigenvalue weighted by atomic mass is 10.1. The number of nitrogens with two attached hydrogens (primary N) is 1. The Labute approximate surface area is 107 Å². The number of benzene rings is 1. The molecule has 0 saturated heterocycles. The van der Waals surface area contributed by atoms with Gasteiger partial charge in [0.2, 0.25) is 0 Å². The second kappa shape index (κ2) is 5.04. The minimum absolute atomic E-state index is 0.330. The van der Waals surface area contributed by atoms with Crippen LogP contribution in [0.4, 0.5) is 5.82 Å². The molecule has 0 spiro atoms. The Morgan fingerprint density at radius 3 is 2.56 bits per heavy atom. The van der Waals surface area contributed by atoms with Gasteiger partial charge in [0.15, 0.2) is 5.82 Å². The zero-order valence-corrected chi connectivity index (χ0v) is 10.9. The molecule has 1 heterocycles. The van der Waals surface area contributed by atoms with Crippen LogP contribution >= 0.6 is 0 Å². The Bertz CT molecular complexity index is 567. The monoisotopic (exact) mass is 243 g/mol. The van der Waals surface area contributed by atoms with Gasteiger partial charge in [-0.15, -0.1) is 0 Å². The van der Waals surface area contributed by atoms with Crippen molar-refractivity contribution in [1.82, 2.24) is 9.97 Å². The summed E-state index contributed by atoms with van der Waals surface area (Å²) in [4.78, 5) is 8.23. The minimum Gasteiger partial charge on any atom is -0.485 e. The maximum absolute atomic E-state index is 5.81. The van der Waals surface area contributed by atoms with E-state index in [0.717, 1.165) is 16.9 Å². The second-order valence-electron chi connectivity index (χ2n) is 4.34. The van der Waals surface area contributed by atoms with Crippen LogP contribution in [0.15, 0.2) is 24.4 Å². The molecule has 2 rings (SSSR count). The fourth-order valence-electron chi connectivity index (χ4n) is 1.77. The molecule has 18 heavy (non-hydrogen) atoms. The highest BCUT2D eigenvalue weighted by Crippen LogP contribution is 2.26. The first-order chi connectivity index (χ1) is 8.58. The van der Waals surface area contributed by atoms with Crippen molar-refractivity contribution in [2.24, 2.45) is 0 Å². The first-order valence-electron chi connectivity index (χ1n) is 5.85. The molecule has 2 N–H and O–H groups in total. The van der Waals surface area contributed by atoms with E-state index in [0.29, 0.717) is 18.2 Å². The molecule has 2 aromatic rings. The van der Waals surface area contributed by atoms with E-state index in [1.165, 1.54) is 5.56 Å². The number of aryl methyl sites for hydroxylation is 2. The summed E-state index contributed by atoms with van der Waals surface area (Å²) in [5.74, 6) is 1.96. The predicted octanol–water partition coefficient (Wildman–Crippen LogP) is 2.56. The van der Waals surface area contributed by atoms with Crippen molar-refractivity contribution in [2.75, 3.05) is 5.73 Å². The van der Waals surface area contributed by atoms with Gasteiger partial charge in [0.1, 0.15) is 18.2 Å². The van der Waals surface area contributed by atoms with Gasteiger partial charge in [0.25, 0.3) is 0 Å². The van der Waals surface area contributed by atoms with E-state index in [1.807, 2.05) is 6.92 Å². The summed E-state index contributed by atoms with van der Waals surface area (Å²) < 4.78 is 5.81. The van der Waals surface area contributed by atoms with Gasteiger partial charge in [-0.3, -0.25) is 0 Å². The number of hydrogen-bond donors (Lipinski definition) is 1. The quantitative estimate of drug-likeness (QED) is 0.900. The van der Waals surface area contributed by atoms with Gasteiger partial charge in [-0.25, -0.2) is 9.97 Å². The summed E-state index contributed by atoms with van der Waals surface area (Å²) in [6.07, 6.45) is 1.64. The van der Waals surface area contributed by atoms with E-state index in [-0.39, 0.29) is 0 Å². The lowest BCUT2D eigenvalue weighted by molar-refractivity contribution is 0.292. The highest BCUT2D eigenvalue weighted by Gasteiger charge is 2.07. The molecule has 0 aliphatic carbocycles. The maximum Gasteiger partial charge on any atom is 0.168 e. The van der Waals surface area contributed by atoms with E-state index in [2.05, 4.69) is 35.9 Å². The Hall–Kier alpha value is -2.10. The zero-order valence-electron chi connectivity index (χ0n) is 10.9. The van der Waals surface area contributed by atoms with Gasteiger partial charge in [0.05, 0.1) is 0 Å². The third-order valence-electron chi connectivity index (χ3n) is 2.95. The lowest BCUT2D eigenvalue weighted by Crippen LogP contribution is -2.05. The van der Waals surface area contributed by atoms with E-state index in [1.54, 1.807) is 12.3 Å². The first-order valence-corrected chi connectivity index (χ1v) is 5.85. The largest absolute Gasteiger partial charge is 0.485 e. The van der Waals surface area contributed by atoms with Crippen LogP contribution in [-0.4, -0.2) is 9.97 Å².